The van der Waals surface area contributed by atoms with Gasteiger partial charge >= 0.3 is 0 Å². The molecular weight excluding hydrogens is 442 g/mol. The number of methoxy groups -OCH3 is 1. The van der Waals surface area contributed by atoms with Gasteiger partial charge in [0.15, 0.2) is 16.6 Å². The minimum Gasteiger partial charge on any atom is -0.497 e. The topological polar surface area (TPSA) is 73.4 Å². The standard InChI is InChI=1S/C24H27N3O5S/c1-16-22(32-20-6-4-3-5-19(20)31-16)23(28)27(10-9-26-11-13-30-14-12-26)24-25-18-15-17(29-2)7-8-21(18)33-24/h3-8,15-16,22H,9-14H2,1-2H3. The van der Waals surface area contributed by atoms with Crippen molar-refractivity contribution >= 4 is 32.6 Å². The molecule has 2 aliphatic heterocycles. The highest BCUT2D eigenvalue weighted by atomic mass is 32.1. The molecule has 0 saturated carbocycles. The van der Waals surface area contributed by atoms with Crippen LogP contribution in [0, 0.1) is 0 Å². The molecule has 33 heavy (non-hydrogen) atoms. The highest BCUT2D eigenvalue weighted by molar-refractivity contribution is 7.22. The summed E-state index contributed by atoms with van der Waals surface area (Å²) in [5, 5.41) is 0.645. The van der Waals surface area contributed by atoms with Crippen molar-refractivity contribution in [1.82, 2.24) is 9.88 Å². The third-order valence-corrected chi connectivity index (χ3v) is 6.97. The number of anilines is 1. The van der Waals surface area contributed by atoms with Crippen molar-refractivity contribution in [2.24, 2.45) is 0 Å². The van der Waals surface area contributed by atoms with E-state index in [1.165, 1.54) is 11.3 Å². The van der Waals surface area contributed by atoms with Gasteiger partial charge in [-0.2, -0.15) is 0 Å². The zero-order chi connectivity index (χ0) is 22.8. The van der Waals surface area contributed by atoms with Gasteiger partial charge in [-0.1, -0.05) is 23.5 Å². The minimum absolute atomic E-state index is 0.156. The first-order chi connectivity index (χ1) is 16.1. The lowest BCUT2D eigenvalue weighted by molar-refractivity contribution is -0.130. The van der Waals surface area contributed by atoms with Crippen molar-refractivity contribution in [3.8, 4) is 17.2 Å². The molecule has 0 spiro atoms. The molecule has 0 aliphatic carbocycles. The number of amides is 1. The second kappa shape index (κ2) is 9.54. The van der Waals surface area contributed by atoms with Gasteiger partial charge in [0.25, 0.3) is 5.91 Å². The van der Waals surface area contributed by atoms with E-state index in [2.05, 4.69) is 4.90 Å². The van der Waals surface area contributed by atoms with Crippen LogP contribution in [0.2, 0.25) is 0 Å². The second-order valence-electron chi connectivity index (χ2n) is 8.08. The van der Waals surface area contributed by atoms with Gasteiger partial charge < -0.3 is 18.9 Å². The Balaban J connectivity index is 1.43. The predicted octanol–water partition coefficient (Wildman–Crippen LogP) is 3.20. The highest BCUT2D eigenvalue weighted by Crippen LogP contribution is 2.36. The summed E-state index contributed by atoms with van der Waals surface area (Å²) in [6, 6.07) is 13.2. The first-order valence-electron chi connectivity index (χ1n) is 11.1. The Morgan fingerprint density at radius 2 is 1.94 bits per heavy atom. The molecule has 8 nitrogen and oxygen atoms in total. The van der Waals surface area contributed by atoms with Crippen LogP contribution < -0.4 is 19.1 Å². The van der Waals surface area contributed by atoms with E-state index in [0.717, 1.165) is 35.6 Å². The fourth-order valence-corrected chi connectivity index (χ4v) is 5.03. The molecule has 2 aromatic carbocycles. The Kier molecular flexibility index (Phi) is 6.34. The summed E-state index contributed by atoms with van der Waals surface area (Å²) in [6.07, 6.45) is -1.18. The summed E-state index contributed by atoms with van der Waals surface area (Å²) < 4.78 is 23.9. The highest BCUT2D eigenvalue weighted by Gasteiger charge is 2.38. The molecule has 1 amide bonds. The van der Waals surface area contributed by atoms with Crippen molar-refractivity contribution in [3.63, 3.8) is 0 Å². The largest absolute Gasteiger partial charge is 0.497 e. The second-order valence-corrected chi connectivity index (χ2v) is 9.09. The third kappa shape index (κ3) is 4.62. The monoisotopic (exact) mass is 469 g/mol. The van der Waals surface area contributed by atoms with Crippen molar-refractivity contribution in [2.45, 2.75) is 19.1 Å². The average Bonchev–Trinajstić information content (AvgIpc) is 3.27. The quantitative estimate of drug-likeness (QED) is 0.549. The van der Waals surface area contributed by atoms with Gasteiger partial charge in [-0.3, -0.25) is 14.6 Å². The van der Waals surface area contributed by atoms with E-state index in [1.54, 1.807) is 12.0 Å². The Morgan fingerprint density at radius 3 is 2.70 bits per heavy atom. The molecule has 0 N–H and O–H groups in total. The number of ether oxygens (including phenoxy) is 4. The number of fused-ring (bicyclic) bond motifs is 2. The molecule has 2 aliphatic rings. The van der Waals surface area contributed by atoms with E-state index in [4.69, 9.17) is 23.9 Å². The number of rotatable bonds is 6. The molecule has 9 heteroatoms. The maximum Gasteiger partial charge on any atom is 0.273 e. The van der Waals surface area contributed by atoms with Gasteiger partial charge in [-0.05, 0) is 31.2 Å². The first-order valence-corrected chi connectivity index (χ1v) is 11.9. The summed E-state index contributed by atoms with van der Waals surface area (Å²) in [5.41, 5.74) is 0.803. The molecule has 1 saturated heterocycles. The number of hydrogen-bond acceptors (Lipinski definition) is 8. The summed E-state index contributed by atoms with van der Waals surface area (Å²) in [7, 11) is 1.63. The SMILES string of the molecule is COc1ccc2sc(N(CCN3CCOCC3)C(=O)C3Oc4ccccc4OC3C)nc2c1. The molecule has 0 radical (unpaired) electrons. The molecule has 1 fully saturated rings. The molecule has 174 valence electrons. The van der Waals surface area contributed by atoms with Gasteiger partial charge in [-0.15, -0.1) is 0 Å². The van der Waals surface area contributed by atoms with E-state index in [0.29, 0.717) is 36.4 Å². The van der Waals surface area contributed by atoms with Gasteiger partial charge in [-0.25, -0.2) is 4.98 Å². The Labute approximate surface area is 196 Å². The predicted molar refractivity (Wildman–Crippen MR) is 127 cm³/mol. The summed E-state index contributed by atoms with van der Waals surface area (Å²) >= 11 is 1.49. The molecule has 2 atom stereocenters. The van der Waals surface area contributed by atoms with Crippen LogP contribution in [0.3, 0.4) is 0 Å². The molecule has 0 bridgehead atoms. The Morgan fingerprint density at radius 1 is 1.18 bits per heavy atom. The van der Waals surface area contributed by atoms with Crippen LogP contribution in [0.5, 0.6) is 17.2 Å². The van der Waals surface area contributed by atoms with Crippen LogP contribution in [0.15, 0.2) is 42.5 Å². The smallest absolute Gasteiger partial charge is 0.273 e. The maximum absolute atomic E-state index is 13.8. The number of hydrogen-bond donors (Lipinski definition) is 0. The number of para-hydroxylation sites is 2. The summed E-state index contributed by atoms with van der Waals surface area (Å²) in [6.45, 7) is 6.22. The van der Waals surface area contributed by atoms with E-state index in [9.17, 15) is 4.79 Å². The van der Waals surface area contributed by atoms with Crippen molar-refractivity contribution < 1.29 is 23.7 Å². The zero-order valence-electron chi connectivity index (χ0n) is 18.7. The molecule has 5 rings (SSSR count). The average molecular weight is 470 g/mol. The Hall–Kier alpha value is -2.88. The number of benzene rings is 2. The van der Waals surface area contributed by atoms with Crippen LogP contribution >= 0.6 is 11.3 Å². The van der Waals surface area contributed by atoms with Gasteiger partial charge in [0.05, 0.1) is 30.5 Å². The summed E-state index contributed by atoms with van der Waals surface area (Å²) in [5.74, 6) is 1.81. The fraction of sp³-hybridized carbons (Fsp3) is 0.417. The number of carbonyl (C=O) groups excluding carboxylic acids is 1. The molecule has 3 heterocycles. The van der Waals surface area contributed by atoms with Crippen LogP contribution in [-0.2, 0) is 9.53 Å². The lowest BCUT2D eigenvalue weighted by Gasteiger charge is -2.34. The van der Waals surface area contributed by atoms with Crippen molar-refractivity contribution in [3.05, 3.63) is 42.5 Å². The lowest BCUT2D eigenvalue weighted by atomic mass is 10.1. The number of aromatic nitrogens is 1. The van der Waals surface area contributed by atoms with Crippen LogP contribution in [-0.4, -0.2) is 74.5 Å². The van der Waals surface area contributed by atoms with Crippen molar-refractivity contribution in [2.75, 3.05) is 51.4 Å². The van der Waals surface area contributed by atoms with Crippen LogP contribution in [0.4, 0.5) is 5.13 Å². The van der Waals surface area contributed by atoms with Gasteiger partial charge in [0, 0.05) is 32.2 Å². The normalized spacial score (nSPS) is 20.5. The fourth-order valence-electron chi connectivity index (χ4n) is 4.05. The number of carbonyl (C=O) groups is 1. The van der Waals surface area contributed by atoms with Gasteiger partial charge in [0.1, 0.15) is 11.9 Å². The molecule has 3 aromatic rings. The van der Waals surface area contributed by atoms with Crippen molar-refractivity contribution in [1.29, 1.82) is 0 Å². The maximum atomic E-state index is 13.8. The number of thiazole rings is 1. The Bertz CT molecular complexity index is 1130. The third-order valence-electron chi connectivity index (χ3n) is 5.91. The van der Waals surface area contributed by atoms with E-state index < -0.39 is 12.2 Å². The molecular formula is C24H27N3O5S. The van der Waals surface area contributed by atoms with Gasteiger partial charge in [0.2, 0.25) is 6.10 Å². The van der Waals surface area contributed by atoms with E-state index in [1.807, 2.05) is 49.4 Å². The van der Waals surface area contributed by atoms with Crippen LogP contribution in [0.1, 0.15) is 6.92 Å². The lowest BCUT2D eigenvalue weighted by Crippen LogP contribution is -2.52. The molecule has 1 aromatic heterocycles. The van der Waals surface area contributed by atoms with Crippen LogP contribution in [0.25, 0.3) is 10.2 Å². The minimum atomic E-state index is -0.758. The van der Waals surface area contributed by atoms with E-state index >= 15 is 0 Å². The number of nitrogens with zero attached hydrogens (tertiary/aromatic N) is 3. The first kappa shape index (κ1) is 21.9. The van der Waals surface area contributed by atoms with E-state index in [-0.39, 0.29) is 5.91 Å². The zero-order valence-corrected chi connectivity index (χ0v) is 19.5. The number of morpholine rings is 1. The summed E-state index contributed by atoms with van der Waals surface area (Å²) in [4.78, 5) is 22.6. The molecule has 2 unspecified atom stereocenters.